The van der Waals surface area contributed by atoms with Gasteiger partial charge in [-0.15, -0.1) is 0 Å². The van der Waals surface area contributed by atoms with E-state index >= 15 is 0 Å². The number of pyridine rings is 1. The van der Waals surface area contributed by atoms with E-state index in [0.717, 1.165) is 0 Å². The number of nitrogens with zero attached hydrogens (tertiary/aromatic N) is 3. The Morgan fingerprint density at radius 3 is 2.67 bits per heavy atom. The molecule has 142 valence electrons. The van der Waals surface area contributed by atoms with Crippen LogP contribution in [0.2, 0.25) is 0 Å². The van der Waals surface area contributed by atoms with Crippen LogP contribution in [-0.2, 0) is 11.8 Å². The van der Waals surface area contributed by atoms with Crippen LogP contribution in [0, 0.1) is 12.7 Å². The van der Waals surface area contributed by atoms with Crippen molar-refractivity contribution < 1.29 is 13.9 Å². The van der Waals surface area contributed by atoms with E-state index in [1.54, 1.807) is 42.5 Å². The number of rotatable bonds is 6. The van der Waals surface area contributed by atoms with E-state index in [9.17, 15) is 14.0 Å². The van der Waals surface area contributed by atoms with Crippen LogP contribution in [0.4, 0.5) is 4.39 Å². The highest BCUT2D eigenvalue weighted by Gasteiger charge is 2.20. The van der Waals surface area contributed by atoms with Gasteiger partial charge in [-0.1, -0.05) is 0 Å². The minimum atomic E-state index is -0.428. The average molecular weight is 372 g/mol. The van der Waals surface area contributed by atoms with Crippen molar-refractivity contribution >= 4 is 16.9 Å². The number of hydrogen-bond donors (Lipinski definition) is 1. The lowest BCUT2D eigenvalue weighted by Crippen LogP contribution is -2.31. The maximum atomic E-state index is 13.2. The lowest BCUT2D eigenvalue weighted by atomic mass is 10.1. The number of hydrogen-bond acceptors (Lipinski definition) is 4. The van der Waals surface area contributed by atoms with Crippen molar-refractivity contribution in [1.82, 2.24) is 19.7 Å². The number of aromatic nitrogens is 3. The fourth-order valence-electron chi connectivity index (χ4n) is 2.99. The van der Waals surface area contributed by atoms with Gasteiger partial charge in [0, 0.05) is 33.5 Å². The number of nitrogens with one attached hydrogen (secondary N) is 1. The predicted molar refractivity (Wildman–Crippen MR) is 99.8 cm³/mol. The van der Waals surface area contributed by atoms with Crippen LogP contribution in [0.3, 0.4) is 0 Å². The minimum absolute atomic E-state index is 0.0594. The van der Waals surface area contributed by atoms with Gasteiger partial charge in [0.25, 0.3) is 5.91 Å². The Morgan fingerprint density at radius 1 is 1.30 bits per heavy atom. The first kappa shape index (κ1) is 18.8. The molecule has 0 spiro atoms. The highest BCUT2D eigenvalue weighted by molar-refractivity contribution is 5.97. The standard InChI is InChI=1S/C19H21FN4O3/c1-12-16-17(25)15(18(26)21-9-4-10-27-3)11-23(2)19(16)24(22-12)14-7-5-13(20)6-8-14/h5-8,11H,4,9-10H2,1-3H3,(H,21,26). The molecule has 0 saturated heterocycles. The Bertz CT molecular complexity index is 1040. The Morgan fingerprint density at radius 2 is 2.00 bits per heavy atom. The van der Waals surface area contributed by atoms with Crippen LogP contribution < -0.4 is 10.7 Å². The van der Waals surface area contributed by atoms with Gasteiger partial charge in [-0.3, -0.25) is 9.59 Å². The van der Waals surface area contributed by atoms with Crippen molar-refractivity contribution in [3.63, 3.8) is 0 Å². The van der Waals surface area contributed by atoms with Crippen molar-refractivity contribution in [3.05, 3.63) is 57.8 Å². The molecule has 0 bridgehead atoms. The Kier molecular flexibility index (Phi) is 5.36. The summed E-state index contributed by atoms with van der Waals surface area (Å²) in [7, 11) is 3.33. The molecule has 3 aromatic rings. The smallest absolute Gasteiger partial charge is 0.256 e. The second-order valence-electron chi connectivity index (χ2n) is 6.26. The fourth-order valence-corrected chi connectivity index (χ4v) is 2.99. The zero-order valence-corrected chi connectivity index (χ0v) is 15.5. The number of ether oxygens (including phenoxy) is 1. The van der Waals surface area contributed by atoms with E-state index in [4.69, 9.17) is 4.74 Å². The van der Waals surface area contributed by atoms with Gasteiger partial charge in [0.15, 0.2) is 0 Å². The molecule has 8 heteroatoms. The van der Waals surface area contributed by atoms with Crippen LogP contribution in [0.25, 0.3) is 16.7 Å². The van der Waals surface area contributed by atoms with Gasteiger partial charge in [0.1, 0.15) is 17.0 Å². The summed E-state index contributed by atoms with van der Waals surface area (Å²) in [5, 5.41) is 7.52. The summed E-state index contributed by atoms with van der Waals surface area (Å²) in [6.45, 7) is 2.66. The summed E-state index contributed by atoms with van der Waals surface area (Å²) in [6, 6.07) is 5.83. The van der Waals surface area contributed by atoms with Crippen molar-refractivity contribution in [2.24, 2.45) is 7.05 Å². The van der Waals surface area contributed by atoms with Crippen molar-refractivity contribution in [3.8, 4) is 5.69 Å². The van der Waals surface area contributed by atoms with E-state index in [2.05, 4.69) is 10.4 Å². The monoisotopic (exact) mass is 372 g/mol. The largest absolute Gasteiger partial charge is 0.385 e. The lowest BCUT2D eigenvalue weighted by Gasteiger charge is -2.10. The van der Waals surface area contributed by atoms with Gasteiger partial charge in [-0.05, 0) is 37.6 Å². The number of methoxy groups -OCH3 is 1. The van der Waals surface area contributed by atoms with Gasteiger partial charge < -0.3 is 14.6 Å². The van der Waals surface area contributed by atoms with Crippen LogP contribution >= 0.6 is 0 Å². The topological polar surface area (TPSA) is 78.2 Å². The van der Waals surface area contributed by atoms with Gasteiger partial charge >= 0.3 is 0 Å². The van der Waals surface area contributed by atoms with Crippen LogP contribution in [0.15, 0.2) is 35.3 Å². The maximum Gasteiger partial charge on any atom is 0.256 e. The van der Waals surface area contributed by atoms with Gasteiger partial charge in [0.2, 0.25) is 5.43 Å². The van der Waals surface area contributed by atoms with Crippen LogP contribution in [0.1, 0.15) is 22.5 Å². The number of carbonyl (C=O) groups is 1. The Labute approximate surface area is 155 Å². The number of fused-ring (bicyclic) bond motifs is 1. The molecule has 2 aromatic heterocycles. The first-order valence-electron chi connectivity index (χ1n) is 8.56. The minimum Gasteiger partial charge on any atom is -0.385 e. The molecule has 0 aliphatic heterocycles. The van der Waals surface area contributed by atoms with Crippen LogP contribution in [-0.4, -0.2) is 40.5 Å². The molecule has 1 amide bonds. The molecule has 1 aromatic carbocycles. The molecule has 1 N–H and O–H groups in total. The highest BCUT2D eigenvalue weighted by atomic mass is 19.1. The Balaban J connectivity index is 2.05. The molecule has 0 aliphatic rings. The first-order chi connectivity index (χ1) is 12.9. The van der Waals surface area contributed by atoms with Crippen LogP contribution in [0.5, 0.6) is 0 Å². The van der Waals surface area contributed by atoms with E-state index in [0.29, 0.717) is 42.0 Å². The summed E-state index contributed by atoms with van der Waals surface area (Å²) >= 11 is 0. The number of halogens is 1. The molecule has 2 heterocycles. The fraction of sp³-hybridized carbons (Fsp3) is 0.316. The average Bonchev–Trinajstić information content (AvgIpc) is 3.00. The van der Waals surface area contributed by atoms with Gasteiger partial charge in [-0.25, -0.2) is 9.07 Å². The molecule has 0 fully saturated rings. The van der Waals surface area contributed by atoms with E-state index < -0.39 is 5.91 Å². The maximum absolute atomic E-state index is 13.2. The molecular weight excluding hydrogens is 351 g/mol. The summed E-state index contributed by atoms with van der Waals surface area (Å²) in [5.41, 5.74) is 1.35. The molecule has 0 aliphatic carbocycles. The molecule has 0 unspecified atom stereocenters. The number of benzene rings is 1. The molecule has 7 nitrogen and oxygen atoms in total. The van der Waals surface area contributed by atoms with Gasteiger partial charge in [-0.2, -0.15) is 5.10 Å². The second-order valence-corrected chi connectivity index (χ2v) is 6.26. The molecule has 27 heavy (non-hydrogen) atoms. The summed E-state index contributed by atoms with van der Waals surface area (Å²) in [5.74, 6) is -0.782. The summed E-state index contributed by atoms with van der Waals surface area (Å²) in [4.78, 5) is 25.3. The third kappa shape index (κ3) is 3.61. The SMILES string of the molecule is COCCCNC(=O)c1cn(C)c2c(c(C)nn2-c2ccc(F)cc2)c1=O. The van der Waals surface area contributed by atoms with Crippen molar-refractivity contribution in [1.29, 1.82) is 0 Å². The molecule has 0 saturated carbocycles. The summed E-state index contributed by atoms with van der Waals surface area (Å²) < 4.78 is 21.4. The molecule has 0 atom stereocenters. The van der Waals surface area contributed by atoms with Crippen molar-refractivity contribution in [2.45, 2.75) is 13.3 Å². The first-order valence-corrected chi connectivity index (χ1v) is 8.56. The molecule has 0 radical (unpaired) electrons. The second kappa shape index (κ2) is 7.71. The zero-order valence-electron chi connectivity index (χ0n) is 15.5. The lowest BCUT2D eigenvalue weighted by molar-refractivity contribution is 0.0947. The quantitative estimate of drug-likeness (QED) is 0.671. The van der Waals surface area contributed by atoms with Gasteiger partial charge in [0.05, 0.1) is 16.8 Å². The third-order valence-corrected chi connectivity index (χ3v) is 4.29. The normalized spacial score (nSPS) is 11.1. The van der Waals surface area contributed by atoms with Crippen molar-refractivity contribution in [2.75, 3.05) is 20.3 Å². The third-order valence-electron chi connectivity index (χ3n) is 4.29. The summed E-state index contributed by atoms with van der Waals surface area (Å²) in [6.07, 6.45) is 2.16. The number of carbonyl (C=O) groups excluding carboxylic acids is 1. The molecular formula is C19H21FN4O3. The number of amides is 1. The highest BCUT2D eigenvalue weighted by Crippen LogP contribution is 2.20. The molecule has 3 rings (SSSR count). The Hall–Kier alpha value is -3.00. The predicted octanol–water partition coefficient (Wildman–Crippen LogP) is 1.94. The van der Waals surface area contributed by atoms with E-state index in [1.165, 1.54) is 18.3 Å². The number of aryl methyl sites for hydroxylation is 2. The van der Waals surface area contributed by atoms with E-state index in [1.807, 2.05) is 0 Å². The van der Waals surface area contributed by atoms with E-state index in [-0.39, 0.29) is 16.8 Å². The zero-order chi connectivity index (χ0) is 19.6.